The molecule has 0 aromatic heterocycles. The Morgan fingerprint density at radius 3 is 2.48 bits per heavy atom. The van der Waals surface area contributed by atoms with Gasteiger partial charge in [0, 0.05) is 18.1 Å². The summed E-state index contributed by atoms with van der Waals surface area (Å²) in [6.07, 6.45) is -1.45. The summed E-state index contributed by atoms with van der Waals surface area (Å²) in [6.45, 7) is 11.9. The molecule has 0 amide bonds. The van der Waals surface area contributed by atoms with E-state index >= 15 is 0 Å². The summed E-state index contributed by atoms with van der Waals surface area (Å²) in [4.78, 5) is 49.5. The van der Waals surface area contributed by atoms with Crippen LogP contribution in [0.25, 0.3) is 0 Å². The molecule has 2 aliphatic heterocycles. The van der Waals surface area contributed by atoms with E-state index in [1.165, 1.54) is 14.0 Å². The zero-order valence-corrected chi connectivity index (χ0v) is 18.0. The normalized spacial score (nSPS) is 36.0. The fourth-order valence-electron chi connectivity index (χ4n) is 4.10. The van der Waals surface area contributed by atoms with Crippen LogP contribution in [-0.2, 0) is 42.9 Å². The third kappa shape index (κ3) is 4.27. The maximum absolute atomic E-state index is 12.6. The van der Waals surface area contributed by atoms with E-state index in [9.17, 15) is 19.2 Å². The van der Waals surface area contributed by atoms with Crippen molar-refractivity contribution in [1.82, 2.24) is 0 Å². The number of hydrogen-bond donors (Lipinski definition) is 0. The van der Waals surface area contributed by atoms with Crippen LogP contribution in [0.2, 0.25) is 0 Å². The van der Waals surface area contributed by atoms with Crippen molar-refractivity contribution in [3.8, 4) is 0 Å². The molecule has 0 N–H and O–H groups in total. The highest BCUT2D eigenvalue weighted by Crippen LogP contribution is 2.50. The number of esters is 4. The molecule has 0 bridgehead atoms. The summed E-state index contributed by atoms with van der Waals surface area (Å²) in [5, 5.41) is 0. The largest absolute Gasteiger partial charge is 0.466 e. The Hall–Kier alpha value is -2.94. The van der Waals surface area contributed by atoms with Crippen LogP contribution in [0.4, 0.5) is 0 Å². The van der Waals surface area contributed by atoms with Gasteiger partial charge in [0.2, 0.25) is 0 Å². The Morgan fingerprint density at radius 2 is 1.90 bits per heavy atom. The lowest BCUT2D eigenvalue weighted by Gasteiger charge is -2.33. The summed E-state index contributed by atoms with van der Waals surface area (Å²) >= 11 is 0. The monoisotopic (exact) mass is 434 g/mol. The van der Waals surface area contributed by atoms with Crippen molar-refractivity contribution in [3.05, 3.63) is 36.0 Å². The first kappa shape index (κ1) is 22.7. The second-order valence-corrected chi connectivity index (χ2v) is 8.14. The number of epoxide rings is 1. The summed E-state index contributed by atoms with van der Waals surface area (Å²) in [7, 11) is 1.19. The first-order valence-electron chi connectivity index (χ1n) is 9.90. The fraction of sp³-hybridized carbons (Fsp3) is 0.545. The van der Waals surface area contributed by atoms with Crippen LogP contribution in [0.3, 0.4) is 0 Å². The van der Waals surface area contributed by atoms with E-state index in [2.05, 4.69) is 13.2 Å². The molecule has 6 atom stereocenters. The molecule has 0 spiro atoms. The van der Waals surface area contributed by atoms with Gasteiger partial charge in [-0.15, -0.1) is 0 Å². The Balaban J connectivity index is 2.17. The molecule has 3 rings (SSSR count). The zero-order valence-electron chi connectivity index (χ0n) is 18.0. The molecule has 2 fully saturated rings. The Morgan fingerprint density at radius 1 is 1.23 bits per heavy atom. The Labute approximate surface area is 180 Å². The molecular weight excluding hydrogens is 408 g/mol. The Kier molecular flexibility index (Phi) is 6.09. The van der Waals surface area contributed by atoms with Gasteiger partial charge in [-0.1, -0.05) is 19.2 Å². The molecule has 9 heteroatoms. The van der Waals surface area contributed by atoms with E-state index in [1.807, 2.05) is 6.92 Å². The molecule has 3 aliphatic rings. The van der Waals surface area contributed by atoms with Gasteiger partial charge in [-0.25, -0.2) is 14.4 Å². The van der Waals surface area contributed by atoms with Crippen LogP contribution in [0.5, 0.6) is 0 Å². The number of carbonyl (C=O) groups excluding carboxylic acids is 4. The van der Waals surface area contributed by atoms with Gasteiger partial charge >= 0.3 is 23.9 Å². The third-order valence-electron chi connectivity index (χ3n) is 5.77. The van der Waals surface area contributed by atoms with E-state index in [0.29, 0.717) is 12.8 Å². The lowest BCUT2D eigenvalue weighted by molar-refractivity contribution is -0.168. The van der Waals surface area contributed by atoms with Gasteiger partial charge in [0.15, 0.2) is 12.2 Å². The molecule has 0 saturated carbocycles. The smallest absolute Gasteiger partial charge is 0.337 e. The van der Waals surface area contributed by atoms with Crippen LogP contribution in [0, 0.1) is 5.92 Å². The van der Waals surface area contributed by atoms with Gasteiger partial charge in [-0.05, 0) is 26.7 Å². The maximum Gasteiger partial charge on any atom is 0.337 e. The molecule has 1 aliphatic carbocycles. The molecule has 0 radical (unpaired) electrons. The van der Waals surface area contributed by atoms with Crippen LogP contribution in [0.15, 0.2) is 36.0 Å². The van der Waals surface area contributed by atoms with Gasteiger partial charge < -0.3 is 23.7 Å². The molecule has 0 unspecified atom stereocenters. The minimum absolute atomic E-state index is 0.00851. The zero-order chi connectivity index (χ0) is 23.1. The van der Waals surface area contributed by atoms with Gasteiger partial charge in [-0.2, -0.15) is 0 Å². The number of fused-ring (bicyclic) bond motifs is 3. The molecule has 168 valence electrons. The van der Waals surface area contributed by atoms with Crippen LogP contribution < -0.4 is 0 Å². The van der Waals surface area contributed by atoms with Crippen molar-refractivity contribution in [1.29, 1.82) is 0 Å². The number of carbonyl (C=O) groups is 4. The average molecular weight is 434 g/mol. The predicted molar refractivity (Wildman–Crippen MR) is 105 cm³/mol. The van der Waals surface area contributed by atoms with Crippen molar-refractivity contribution in [2.45, 2.75) is 63.6 Å². The minimum Gasteiger partial charge on any atom is -0.466 e. The first-order chi connectivity index (χ1) is 14.5. The summed E-state index contributed by atoms with van der Waals surface area (Å²) < 4.78 is 27.4. The van der Waals surface area contributed by atoms with Crippen molar-refractivity contribution in [3.63, 3.8) is 0 Å². The minimum atomic E-state index is -1.35. The van der Waals surface area contributed by atoms with E-state index in [1.54, 1.807) is 6.08 Å². The molecule has 0 aromatic carbocycles. The predicted octanol–water partition coefficient (Wildman–Crippen LogP) is 1.55. The van der Waals surface area contributed by atoms with Gasteiger partial charge in [0.25, 0.3) is 0 Å². The first-order valence-corrected chi connectivity index (χ1v) is 9.90. The van der Waals surface area contributed by atoms with Crippen LogP contribution in [0.1, 0.15) is 33.6 Å². The van der Waals surface area contributed by atoms with E-state index in [-0.39, 0.29) is 16.7 Å². The van der Waals surface area contributed by atoms with Crippen molar-refractivity contribution < 1.29 is 42.9 Å². The van der Waals surface area contributed by atoms with Gasteiger partial charge in [0.1, 0.15) is 12.2 Å². The molecule has 31 heavy (non-hydrogen) atoms. The number of ether oxygens (including phenoxy) is 5. The van der Waals surface area contributed by atoms with Crippen molar-refractivity contribution >= 4 is 23.9 Å². The molecular formula is C22H26O9. The van der Waals surface area contributed by atoms with E-state index in [0.717, 1.165) is 6.92 Å². The van der Waals surface area contributed by atoms with Gasteiger partial charge in [-0.3, -0.25) is 4.79 Å². The molecule has 2 saturated heterocycles. The third-order valence-corrected chi connectivity index (χ3v) is 5.77. The quantitative estimate of drug-likeness (QED) is 0.281. The second kappa shape index (κ2) is 8.30. The lowest BCUT2D eigenvalue weighted by atomic mass is 9.80. The van der Waals surface area contributed by atoms with Gasteiger partial charge in [0.05, 0.1) is 24.2 Å². The highest BCUT2D eigenvalue weighted by molar-refractivity contribution is 5.93. The Bertz CT molecular complexity index is 885. The molecule has 9 nitrogen and oxygen atoms in total. The number of hydrogen-bond acceptors (Lipinski definition) is 9. The topological polar surface area (TPSA) is 118 Å². The highest BCUT2D eigenvalue weighted by atomic mass is 16.7. The summed E-state index contributed by atoms with van der Waals surface area (Å²) in [5.41, 5.74) is -0.486. The maximum atomic E-state index is 12.6. The summed E-state index contributed by atoms with van der Waals surface area (Å²) in [5.74, 6) is -3.84. The fourth-order valence-corrected chi connectivity index (χ4v) is 4.10. The molecule has 0 aromatic rings. The summed E-state index contributed by atoms with van der Waals surface area (Å²) in [6, 6.07) is 0. The standard InChI is InChI=1S/C22H26O9/c1-10(2)19(24)29-16-14-11(3)20(25)30-17(14)18-22(5,31-18)9-7-8-13(21(26)27-6)15(16)28-12(4)23/h8,14-18H,1,3,7,9H2,2,4-6H3/b13-8-/t14-,15+,16+,17+,18-,22-/m1/s1. The van der Waals surface area contributed by atoms with E-state index in [4.69, 9.17) is 23.7 Å². The average Bonchev–Trinajstić information content (AvgIpc) is 3.28. The van der Waals surface area contributed by atoms with Crippen LogP contribution >= 0.6 is 0 Å². The SMILES string of the molecule is C=C(C)C(=O)O[C@H]1[C@H]2C(=C)C(=O)O[C@@H]2[C@H]2O[C@]2(C)CC/C=C(\C(=O)OC)[C@@H]1OC(C)=O. The number of allylic oxidation sites excluding steroid dienone is 1. The van der Waals surface area contributed by atoms with E-state index < -0.39 is 59.8 Å². The van der Waals surface area contributed by atoms with Crippen molar-refractivity contribution in [2.24, 2.45) is 5.92 Å². The number of rotatable bonds is 4. The number of methoxy groups -OCH3 is 1. The van der Waals surface area contributed by atoms with Crippen molar-refractivity contribution in [2.75, 3.05) is 7.11 Å². The second-order valence-electron chi connectivity index (χ2n) is 8.14. The highest BCUT2D eigenvalue weighted by Gasteiger charge is 2.64. The molecule has 2 heterocycles. The van der Waals surface area contributed by atoms with Crippen LogP contribution in [-0.4, -0.2) is 61.0 Å². The lowest BCUT2D eigenvalue weighted by Crippen LogP contribution is -2.48.